The molecule has 0 aliphatic carbocycles. The fraction of sp³-hybridized carbons (Fsp3) is 0.312. The molecule has 0 saturated heterocycles. The van der Waals surface area contributed by atoms with E-state index in [-0.39, 0.29) is 5.91 Å². The number of aryl methyl sites for hydroxylation is 1. The Kier molecular flexibility index (Phi) is 4.39. The van der Waals surface area contributed by atoms with Crippen molar-refractivity contribution in [1.82, 2.24) is 10.3 Å². The highest BCUT2D eigenvalue weighted by Crippen LogP contribution is 2.19. The maximum Gasteiger partial charge on any atom is 0.220 e. The Hall–Kier alpha value is -2.03. The molecular formula is C16H20N2O. The Bertz CT molecular complexity index is 583. The summed E-state index contributed by atoms with van der Waals surface area (Å²) in [6, 6.07) is 8.24. The van der Waals surface area contributed by atoms with Crippen molar-refractivity contribution in [3.05, 3.63) is 48.2 Å². The number of fused-ring (bicyclic) bond motifs is 1. The molecular weight excluding hydrogens is 236 g/mol. The smallest absolute Gasteiger partial charge is 0.220 e. The summed E-state index contributed by atoms with van der Waals surface area (Å²) in [6.07, 6.45) is 4.39. The number of para-hydroxylation sites is 1. The normalized spacial score (nSPS) is 10.6. The second kappa shape index (κ2) is 6.23. The van der Waals surface area contributed by atoms with Crippen molar-refractivity contribution in [1.29, 1.82) is 0 Å². The van der Waals surface area contributed by atoms with Gasteiger partial charge in [-0.25, -0.2) is 0 Å². The van der Waals surface area contributed by atoms with Crippen molar-refractivity contribution in [3.8, 4) is 0 Å². The summed E-state index contributed by atoms with van der Waals surface area (Å²) in [5.41, 5.74) is 3.41. The average Bonchev–Trinajstić information content (AvgIpc) is 2.80. The third-order valence-corrected chi connectivity index (χ3v) is 3.11. The third-order valence-electron chi connectivity index (χ3n) is 3.11. The molecule has 0 unspecified atom stereocenters. The predicted octanol–water partition coefficient (Wildman–Crippen LogP) is 3.18. The summed E-state index contributed by atoms with van der Waals surface area (Å²) < 4.78 is 0. The highest BCUT2D eigenvalue weighted by Gasteiger charge is 2.05. The Morgan fingerprint density at radius 3 is 2.95 bits per heavy atom. The summed E-state index contributed by atoms with van der Waals surface area (Å²) in [6.45, 7) is 6.25. The van der Waals surface area contributed by atoms with Crippen LogP contribution >= 0.6 is 0 Å². The van der Waals surface area contributed by atoms with Crippen molar-refractivity contribution in [2.45, 2.75) is 26.2 Å². The van der Waals surface area contributed by atoms with Crippen molar-refractivity contribution < 1.29 is 4.79 Å². The number of carbonyl (C=O) groups is 1. The molecule has 2 N–H and O–H groups in total. The van der Waals surface area contributed by atoms with Crippen molar-refractivity contribution in [2.24, 2.45) is 0 Å². The molecule has 1 aromatic heterocycles. The summed E-state index contributed by atoms with van der Waals surface area (Å²) in [7, 11) is 0. The number of aromatic nitrogens is 1. The van der Waals surface area contributed by atoms with Gasteiger partial charge in [0.2, 0.25) is 5.91 Å². The molecule has 1 amide bonds. The lowest BCUT2D eigenvalue weighted by Gasteiger charge is -2.04. The van der Waals surface area contributed by atoms with Gasteiger partial charge in [0.1, 0.15) is 0 Å². The molecule has 0 spiro atoms. The van der Waals surface area contributed by atoms with E-state index in [0.717, 1.165) is 23.9 Å². The van der Waals surface area contributed by atoms with Crippen LogP contribution in [0, 0.1) is 0 Å². The number of amides is 1. The first-order chi connectivity index (χ1) is 9.16. The van der Waals surface area contributed by atoms with Gasteiger partial charge in [-0.15, -0.1) is 0 Å². The van der Waals surface area contributed by atoms with Crippen LogP contribution in [0.5, 0.6) is 0 Å². The van der Waals surface area contributed by atoms with E-state index >= 15 is 0 Å². The van der Waals surface area contributed by atoms with Gasteiger partial charge in [0.15, 0.2) is 0 Å². The largest absolute Gasteiger partial charge is 0.361 e. The summed E-state index contributed by atoms with van der Waals surface area (Å²) in [5.74, 6) is 0.0999. The average molecular weight is 256 g/mol. The van der Waals surface area contributed by atoms with Crippen LogP contribution in [0.15, 0.2) is 42.6 Å². The number of H-pyrrole nitrogens is 1. The number of aromatic amines is 1. The van der Waals surface area contributed by atoms with E-state index in [4.69, 9.17) is 0 Å². The van der Waals surface area contributed by atoms with E-state index in [1.807, 2.05) is 25.3 Å². The summed E-state index contributed by atoms with van der Waals surface area (Å²) in [4.78, 5) is 14.8. The van der Waals surface area contributed by atoms with Gasteiger partial charge in [-0.1, -0.05) is 30.4 Å². The van der Waals surface area contributed by atoms with Crippen LogP contribution in [0.3, 0.4) is 0 Å². The van der Waals surface area contributed by atoms with E-state index in [9.17, 15) is 4.79 Å². The third kappa shape index (κ3) is 3.71. The molecule has 19 heavy (non-hydrogen) atoms. The van der Waals surface area contributed by atoms with Crippen LogP contribution < -0.4 is 5.32 Å². The lowest BCUT2D eigenvalue weighted by Crippen LogP contribution is -2.24. The van der Waals surface area contributed by atoms with Crippen molar-refractivity contribution in [2.75, 3.05) is 6.54 Å². The molecule has 0 saturated carbocycles. The summed E-state index contributed by atoms with van der Waals surface area (Å²) in [5, 5.41) is 4.11. The van der Waals surface area contributed by atoms with E-state index in [1.54, 1.807) is 0 Å². The fourth-order valence-corrected chi connectivity index (χ4v) is 2.12. The zero-order valence-electron chi connectivity index (χ0n) is 11.3. The van der Waals surface area contributed by atoms with Crippen LogP contribution in [0.1, 0.15) is 25.3 Å². The van der Waals surface area contributed by atoms with Gasteiger partial charge in [0.05, 0.1) is 0 Å². The number of benzene rings is 1. The first-order valence-corrected chi connectivity index (χ1v) is 6.63. The van der Waals surface area contributed by atoms with E-state index in [2.05, 4.69) is 29.0 Å². The Labute approximate surface area is 113 Å². The van der Waals surface area contributed by atoms with Crippen LogP contribution in [-0.2, 0) is 11.2 Å². The maximum atomic E-state index is 11.6. The molecule has 1 aromatic carbocycles. The van der Waals surface area contributed by atoms with E-state index in [1.165, 1.54) is 10.9 Å². The van der Waals surface area contributed by atoms with Crippen molar-refractivity contribution >= 4 is 16.8 Å². The van der Waals surface area contributed by atoms with Gasteiger partial charge >= 0.3 is 0 Å². The number of hydrogen-bond donors (Lipinski definition) is 2. The monoisotopic (exact) mass is 256 g/mol. The van der Waals surface area contributed by atoms with Crippen LogP contribution in [0.25, 0.3) is 10.9 Å². The zero-order valence-corrected chi connectivity index (χ0v) is 11.3. The molecule has 1 heterocycles. The SMILES string of the molecule is C=C(C)CNC(=O)CCCc1c[nH]c2ccccc12. The number of rotatable bonds is 6. The second-order valence-corrected chi connectivity index (χ2v) is 4.95. The molecule has 0 bridgehead atoms. The minimum atomic E-state index is 0.0999. The number of nitrogens with one attached hydrogen (secondary N) is 2. The Morgan fingerprint density at radius 1 is 1.37 bits per heavy atom. The molecule has 100 valence electrons. The minimum Gasteiger partial charge on any atom is -0.361 e. The first-order valence-electron chi connectivity index (χ1n) is 6.63. The zero-order chi connectivity index (χ0) is 13.7. The number of hydrogen-bond acceptors (Lipinski definition) is 1. The van der Waals surface area contributed by atoms with Gasteiger partial charge in [-0.3, -0.25) is 4.79 Å². The maximum absolute atomic E-state index is 11.6. The topological polar surface area (TPSA) is 44.9 Å². The van der Waals surface area contributed by atoms with E-state index < -0.39 is 0 Å². The summed E-state index contributed by atoms with van der Waals surface area (Å²) >= 11 is 0. The molecule has 2 aromatic rings. The highest BCUT2D eigenvalue weighted by atomic mass is 16.1. The fourth-order valence-electron chi connectivity index (χ4n) is 2.12. The Balaban J connectivity index is 1.83. The first kappa shape index (κ1) is 13.4. The molecule has 0 fully saturated rings. The highest BCUT2D eigenvalue weighted by molar-refractivity contribution is 5.83. The molecule has 3 nitrogen and oxygen atoms in total. The van der Waals surface area contributed by atoms with Gasteiger partial charge in [0.25, 0.3) is 0 Å². The lowest BCUT2D eigenvalue weighted by atomic mass is 10.1. The molecule has 2 rings (SSSR count). The quantitative estimate of drug-likeness (QED) is 0.766. The van der Waals surface area contributed by atoms with Gasteiger partial charge in [0, 0.05) is 30.1 Å². The van der Waals surface area contributed by atoms with E-state index in [0.29, 0.717) is 13.0 Å². The van der Waals surface area contributed by atoms with Crippen LogP contribution in [0.4, 0.5) is 0 Å². The molecule has 0 radical (unpaired) electrons. The predicted molar refractivity (Wildman–Crippen MR) is 79.1 cm³/mol. The van der Waals surface area contributed by atoms with Gasteiger partial charge in [-0.05, 0) is 31.4 Å². The molecule has 0 atom stereocenters. The Morgan fingerprint density at radius 2 is 2.16 bits per heavy atom. The molecule has 0 aliphatic heterocycles. The van der Waals surface area contributed by atoms with Crippen molar-refractivity contribution in [3.63, 3.8) is 0 Å². The van der Waals surface area contributed by atoms with Gasteiger partial charge < -0.3 is 10.3 Å². The van der Waals surface area contributed by atoms with Gasteiger partial charge in [-0.2, -0.15) is 0 Å². The molecule has 0 aliphatic rings. The van der Waals surface area contributed by atoms with Crippen LogP contribution in [-0.4, -0.2) is 17.4 Å². The standard InChI is InChI=1S/C16H20N2O/c1-12(2)10-18-16(19)9-5-6-13-11-17-15-8-4-3-7-14(13)15/h3-4,7-8,11,17H,1,5-6,9-10H2,2H3,(H,18,19). The second-order valence-electron chi connectivity index (χ2n) is 4.95. The van der Waals surface area contributed by atoms with Crippen LogP contribution in [0.2, 0.25) is 0 Å². The number of carbonyl (C=O) groups excluding carboxylic acids is 1. The lowest BCUT2D eigenvalue weighted by molar-refractivity contribution is -0.121. The minimum absolute atomic E-state index is 0.0999. The molecule has 3 heteroatoms.